The number of carbonyl (C=O) groups is 1. The van der Waals surface area contributed by atoms with Crippen LogP contribution >= 0.6 is 11.6 Å². The third-order valence-electron chi connectivity index (χ3n) is 5.75. The van der Waals surface area contributed by atoms with Crippen LogP contribution in [0.3, 0.4) is 0 Å². The second kappa shape index (κ2) is 18.9. The molecule has 0 fully saturated rings. The van der Waals surface area contributed by atoms with Gasteiger partial charge in [0.2, 0.25) is 0 Å². The number of benzene rings is 1. The molecule has 11 heteroatoms. The summed E-state index contributed by atoms with van der Waals surface area (Å²) >= 11 is 6.08. The Bertz CT molecular complexity index is 1250. The number of hydrogen-bond acceptors (Lipinski definition) is 8. The summed E-state index contributed by atoms with van der Waals surface area (Å²) < 4.78 is 30.1. The van der Waals surface area contributed by atoms with Crippen molar-refractivity contribution in [2.24, 2.45) is 0 Å². The van der Waals surface area contributed by atoms with Crippen molar-refractivity contribution in [2.45, 2.75) is 39.7 Å². The number of ether oxygens (including phenoxy) is 3. The standard InChI is InChI=1S/C27H31ClFN3O6.2C2H6/c1-30-15-27(35,16-31-26(34)18-7-8-21(38-12-11-33)23(14-18)37-3)24-10-9-22(36-2)25(32-24)17-5-4-6-20(29)19(28)13-17;2*1-2/h4-5,7-10,13-14,30,33,35H,6,11-12,15-16H2,1-3H3,(H,31,34);2*1-2H3. The number of amides is 1. The number of aromatic nitrogens is 1. The van der Waals surface area contributed by atoms with Gasteiger partial charge in [0.15, 0.2) is 11.5 Å². The van der Waals surface area contributed by atoms with Gasteiger partial charge in [0, 0.05) is 24.1 Å². The van der Waals surface area contributed by atoms with Gasteiger partial charge in [0.25, 0.3) is 5.91 Å². The lowest BCUT2D eigenvalue weighted by atomic mass is 9.97. The number of carbonyl (C=O) groups excluding carboxylic acids is 1. The van der Waals surface area contributed by atoms with Crippen molar-refractivity contribution in [3.8, 4) is 17.2 Å². The molecule has 0 bridgehead atoms. The van der Waals surface area contributed by atoms with E-state index in [1.807, 2.05) is 27.7 Å². The summed E-state index contributed by atoms with van der Waals surface area (Å²) in [6.07, 6.45) is 4.81. The summed E-state index contributed by atoms with van der Waals surface area (Å²) in [5, 5.41) is 26.2. The van der Waals surface area contributed by atoms with Crippen molar-refractivity contribution in [3.63, 3.8) is 0 Å². The van der Waals surface area contributed by atoms with Gasteiger partial charge in [0.05, 0.1) is 38.1 Å². The number of rotatable bonds is 12. The number of aliphatic hydroxyl groups is 2. The summed E-state index contributed by atoms with van der Waals surface area (Å²) in [6, 6.07) is 7.86. The van der Waals surface area contributed by atoms with E-state index < -0.39 is 17.3 Å². The minimum Gasteiger partial charge on any atom is -0.494 e. The fraction of sp³-hybridized carbons (Fsp3) is 0.419. The zero-order chi connectivity index (χ0) is 31.7. The van der Waals surface area contributed by atoms with Gasteiger partial charge in [-0.15, -0.1) is 0 Å². The molecule has 42 heavy (non-hydrogen) atoms. The number of allylic oxidation sites excluding steroid dienone is 6. The van der Waals surface area contributed by atoms with Crippen molar-refractivity contribution in [2.75, 3.05) is 47.6 Å². The number of likely N-dealkylation sites (N-methyl/N-ethyl adjacent to an activating group) is 1. The van der Waals surface area contributed by atoms with E-state index in [0.29, 0.717) is 28.5 Å². The number of nitrogens with zero attached hydrogens (tertiary/aromatic N) is 1. The Morgan fingerprint density at radius 2 is 1.74 bits per heavy atom. The molecule has 0 saturated heterocycles. The smallest absolute Gasteiger partial charge is 0.251 e. The van der Waals surface area contributed by atoms with Crippen LogP contribution in [0.5, 0.6) is 17.2 Å². The Morgan fingerprint density at radius 3 is 2.36 bits per heavy atom. The van der Waals surface area contributed by atoms with Crippen LogP contribution in [0.15, 0.2) is 59.4 Å². The molecule has 1 atom stereocenters. The molecule has 1 amide bonds. The van der Waals surface area contributed by atoms with Crippen LogP contribution in [0.1, 0.15) is 55.9 Å². The molecule has 3 rings (SSSR count). The van der Waals surface area contributed by atoms with E-state index in [4.69, 9.17) is 30.9 Å². The molecule has 9 nitrogen and oxygen atoms in total. The third-order valence-corrected chi connectivity index (χ3v) is 6.06. The topological polar surface area (TPSA) is 122 Å². The summed E-state index contributed by atoms with van der Waals surface area (Å²) in [6.45, 7) is 7.80. The first-order chi connectivity index (χ1) is 20.3. The summed E-state index contributed by atoms with van der Waals surface area (Å²) in [5.41, 5.74) is -0.205. The van der Waals surface area contributed by atoms with E-state index in [1.54, 1.807) is 43.5 Å². The highest BCUT2D eigenvalue weighted by molar-refractivity contribution is 6.32. The Balaban J connectivity index is 0.00000211. The average Bonchev–Trinajstić information content (AvgIpc) is 3.20. The van der Waals surface area contributed by atoms with E-state index in [9.17, 15) is 14.3 Å². The predicted octanol–water partition coefficient (Wildman–Crippen LogP) is 5.12. The molecule has 2 aromatic rings. The molecule has 0 spiro atoms. The van der Waals surface area contributed by atoms with Gasteiger partial charge in [-0.1, -0.05) is 51.4 Å². The highest BCUT2D eigenvalue weighted by Gasteiger charge is 2.32. The van der Waals surface area contributed by atoms with Crippen LogP contribution in [0.2, 0.25) is 0 Å². The van der Waals surface area contributed by atoms with Crippen LogP contribution in [0, 0.1) is 0 Å². The number of nitrogens with one attached hydrogen (secondary N) is 2. The Hall–Kier alpha value is -3.44. The Kier molecular flexibility index (Phi) is 16.5. The van der Waals surface area contributed by atoms with Gasteiger partial charge in [-0.05, 0) is 43.5 Å². The SMILES string of the molecule is CC.CC.CNCC(O)(CNC(=O)c1ccc(OCCO)c(OC)c1)c1ccc(OC)c(C2=CC(Cl)=C(F)CC=C2)n1. The summed E-state index contributed by atoms with van der Waals surface area (Å²) in [5.74, 6) is 0.195. The van der Waals surface area contributed by atoms with Gasteiger partial charge in [-0.3, -0.25) is 4.79 Å². The van der Waals surface area contributed by atoms with Gasteiger partial charge in [-0.2, -0.15) is 0 Å². The van der Waals surface area contributed by atoms with Crippen molar-refractivity contribution in [1.82, 2.24) is 15.6 Å². The van der Waals surface area contributed by atoms with E-state index in [1.165, 1.54) is 26.4 Å². The predicted molar refractivity (Wildman–Crippen MR) is 165 cm³/mol. The lowest BCUT2D eigenvalue weighted by Gasteiger charge is -2.28. The Morgan fingerprint density at radius 1 is 1.07 bits per heavy atom. The lowest BCUT2D eigenvalue weighted by Crippen LogP contribution is -2.47. The van der Waals surface area contributed by atoms with Gasteiger partial charge in [0.1, 0.15) is 29.5 Å². The number of pyridine rings is 1. The van der Waals surface area contributed by atoms with Crippen LogP contribution in [0.4, 0.5) is 4.39 Å². The van der Waals surface area contributed by atoms with E-state index in [-0.39, 0.29) is 49.0 Å². The molecular formula is C31H43ClFN3O6. The van der Waals surface area contributed by atoms with Crippen LogP contribution < -0.4 is 24.8 Å². The molecule has 0 aliphatic heterocycles. The molecule has 1 heterocycles. The van der Waals surface area contributed by atoms with Crippen molar-refractivity contribution >= 4 is 23.1 Å². The number of hydrogen-bond donors (Lipinski definition) is 4. The molecule has 1 aromatic heterocycles. The summed E-state index contributed by atoms with van der Waals surface area (Å²) in [7, 11) is 4.59. The molecule has 0 radical (unpaired) electrons. The Labute approximate surface area is 253 Å². The molecule has 1 aromatic carbocycles. The van der Waals surface area contributed by atoms with Crippen molar-refractivity contribution in [3.05, 3.63) is 76.4 Å². The molecule has 1 aliphatic rings. The van der Waals surface area contributed by atoms with E-state index in [2.05, 4.69) is 15.6 Å². The molecule has 1 aliphatic carbocycles. The fourth-order valence-electron chi connectivity index (χ4n) is 3.82. The quantitative estimate of drug-likeness (QED) is 0.262. The van der Waals surface area contributed by atoms with Gasteiger partial charge in [-0.25, -0.2) is 9.37 Å². The second-order valence-electron chi connectivity index (χ2n) is 8.39. The van der Waals surface area contributed by atoms with E-state index in [0.717, 1.165) is 0 Å². The first-order valence-electron chi connectivity index (χ1n) is 13.8. The zero-order valence-corrected chi connectivity index (χ0v) is 26.1. The first-order valence-corrected chi connectivity index (χ1v) is 14.2. The number of methoxy groups -OCH3 is 2. The molecule has 232 valence electrons. The maximum atomic E-state index is 14.0. The fourth-order valence-corrected chi connectivity index (χ4v) is 4.02. The van der Waals surface area contributed by atoms with Crippen LogP contribution in [-0.4, -0.2) is 68.7 Å². The normalized spacial score (nSPS) is 13.7. The largest absolute Gasteiger partial charge is 0.494 e. The lowest BCUT2D eigenvalue weighted by molar-refractivity contribution is 0.0330. The van der Waals surface area contributed by atoms with Crippen LogP contribution in [0.25, 0.3) is 5.57 Å². The maximum absolute atomic E-state index is 14.0. The third kappa shape index (κ3) is 9.84. The zero-order valence-electron chi connectivity index (χ0n) is 25.4. The van der Waals surface area contributed by atoms with Gasteiger partial charge < -0.3 is 35.1 Å². The van der Waals surface area contributed by atoms with Crippen molar-refractivity contribution in [1.29, 1.82) is 0 Å². The average molecular weight is 608 g/mol. The molecule has 1 unspecified atom stereocenters. The highest BCUT2D eigenvalue weighted by atomic mass is 35.5. The monoisotopic (exact) mass is 607 g/mol. The minimum atomic E-state index is -1.61. The summed E-state index contributed by atoms with van der Waals surface area (Å²) in [4.78, 5) is 17.6. The molecule has 0 saturated carbocycles. The molecular weight excluding hydrogens is 565 g/mol. The number of halogens is 2. The maximum Gasteiger partial charge on any atom is 0.251 e. The molecule has 4 N–H and O–H groups in total. The van der Waals surface area contributed by atoms with Gasteiger partial charge >= 0.3 is 0 Å². The van der Waals surface area contributed by atoms with Crippen molar-refractivity contribution < 1.29 is 33.6 Å². The van der Waals surface area contributed by atoms with E-state index >= 15 is 0 Å². The second-order valence-corrected chi connectivity index (χ2v) is 8.80. The van der Waals surface area contributed by atoms with Crippen LogP contribution in [-0.2, 0) is 5.60 Å². The highest BCUT2D eigenvalue weighted by Crippen LogP contribution is 2.33. The number of aliphatic hydroxyl groups excluding tert-OH is 1. The first kappa shape index (κ1) is 36.6. The minimum absolute atomic E-state index is 0.0415.